The number of methoxy groups -OCH3 is 1. The highest BCUT2D eigenvalue weighted by Crippen LogP contribution is 2.25. The van der Waals surface area contributed by atoms with Crippen LogP contribution in [0.5, 0.6) is 11.5 Å². The lowest BCUT2D eigenvalue weighted by Crippen LogP contribution is -2.39. The first-order valence-electron chi connectivity index (χ1n) is 8.49. The van der Waals surface area contributed by atoms with Crippen molar-refractivity contribution in [2.45, 2.75) is 19.4 Å². The number of nitrogens with one attached hydrogen (secondary N) is 1. The average Bonchev–Trinajstić information content (AvgIpc) is 3.01. The van der Waals surface area contributed by atoms with E-state index in [9.17, 15) is 9.59 Å². The molecule has 2 amide bonds. The molecule has 0 radical (unpaired) electrons. The number of nitrogens with zero attached hydrogens (tertiary/aromatic N) is 1. The van der Waals surface area contributed by atoms with Crippen LogP contribution in [-0.4, -0.2) is 38.1 Å². The van der Waals surface area contributed by atoms with Crippen molar-refractivity contribution >= 4 is 17.5 Å². The highest BCUT2D eigenvalue weighted by Gasteiger charge is 2.31. The van der Waals surface area contributed by atoms with Gasteiger partial charge in [-0.1, -0.05) is 24.3 Å². The molecule has 1 saturated heterocycles. The number of ether oxygens (including phenoxy) is 2. The standard InChI is InChI=1S/C20H22N2O4/c1-14-6-3-4-9-18(14)26-13-19(23)21-15-10-20(24)22(12-15)16-7-5-8-17(11-16)25-2/h3-9,11,15H,10,12-13H2,1-2H3,(H,21,23). The number of rotatable bonds is 6. The topological polar surface area (TPSA) is 67.9 Å². The summed E-state index contributed by atoms with van der Waals surface area (Å²) in [6.45, 7) is 2.28. The van der Waals surface area contributed by atoms with Gasteiger partial charge in [0.25, 0.3) is 5.91 Å². The molecule has 0 saturated carbocycles. The van der Waals surface area contributed by atoms with Gasteiger partial charge in [0.05, 0.1) is 13.2 Å². The Balaban J connectivity index is 1.55. The number of hydrogen-bond acceptors (Lipinski definition) is 4. The number of para-hydroxylation sites is 1. The Labute approximate surface area is 152 Å². The van der Waals surface area contributed by atoms with Crippen molar-refractivity contribution in [3.05, 3.63) is 54.1 Å². The van der Waals surface area contributed by atoms with Crippen LogP contribution in [0.25, 0.3) is 0 Å². The Morgan fingerprint density at radius 2 is 2.04 bits per heavy atom. The number of benzene rings is 2. The van der Waals surface area contributed by atoms with E-state index < -0.39 is 0 Å². The summed E-state index contributed by atoms with van der Waals surface area (Å²) >= 11 is 0. The minimum absolute atomic E-state index is 0.0247. The monoisotopic (exact) mass is 354 g/mol. The van der Waals surface area contributed by atoms with E-state index in [0.29, 0.717) is 18.0 Å². The van der Waals surface area contributed by atoms with Gasteiger partial charge in [0.2, 0.25) is 5.91 Å². The SMILES string of the molecule is COc1cccc(N2CC(NC(=O)COc3ccccc3C)CC2=O)c1. The van der Waals surface area contributed by atoms with Gasteiger partial charge in [0, 0.05) is 24.7 Å². The van der Waals surface area contributed by atoms with Gasteiger partial charge in [-0.05, 0) is 30.7 Å². The van der Waals surface area contributed by atoms with Gasteiger partial charge >= 0.3 is 0 Å². The van der Waals surface area contributed by atoms with Crippen LogP contribution < -0.4 is 19.7 Å². The molecule has 1 fully saturated rings. The van der Waals surface area contributed by atoms with E-state index in [1.165, 1.54) is 0 Å². The van der Waals surface area contributed by atoms with Crippen LogP contribution in [0, 0.1) is 6.92 Å². The van der Waals surface area contributed by atoms with Crippen LogP contribution in [0.1, 0.15) is 12.0 Å². The van der Waals surface area contributed by atoms with Crippen molar-refractivity contribution in [2.75, 3.05) is 25.2 Å². The fraction of sp³-hybridized carbons (Fsp3) is 0.300. The molecular formula is C20H22N2O4. The molecule has 1 atom stereocenters. The molecule has 6 heteroatoms. The van der Waals surface area contributed by atoms with Crippen LogP contribution in [0.15, 0.2) is 48.5 Å². The number of amides is 2. The summed E-state index contributed by atoms with van der Waals surface area (Å²) in [4.78, 5) is 26.1. The lowest BCUT2D eigenvalue weighted by Gasteiger charge is -2.18. The third-order valence-corrected chi connectivity index (χ3v) is 4.31. The van der Waals surface area contributed by atoms with E-state index in [0.717, 1.165) is 11.3 Å². The molecule has 26 heavy (non-hydrogen) atoms. The second-order valence-corrected chi connectivity index (χ2v) is 6.23. The van der Waals surface area contributed by atoms with E-state index in [1.54, 1.807) is 12.0 Å². The fourth-order valence-corrected chi connectivity index (χ4v) is 2.96. The Kier molecular flexibility index (Phi) is 5.41. The number of aryl methyl sites for hydroxylation is 1. The normalized spacial score (nSPS) is 16.5. The summed E-state index contributed by atoms with van der Waals surface area (Å²) in [7, 11) is 1.59. The molecule has 1 unspecified atom stereocenters. The average molecular weight is 354 g/mol. The van der Waals surface area contributed by atoms with Crippen LogP contribution in [0.3, 0.4) is 0 Å². The van der Waals surface area contributed by atoms with Gasteiger partial charge in [-0.25, -0.2) is 0 Å². The van der Waals surface area contributed by atoms with Gasteiger partial charge in [-0.3, -0.25) is 9.59 Å². The van der Waals surface area contributed by atoms with Crippen LogP contribution in [-0.2, 0) is 9.59 Å². The van der Waals surface area contributed by atoms with E-state index in [1.807, 2.05) is 55.5 Å². The molecule has 2 aromatic carbocycles. The zero-order valence-corrected chi connectivity index (χ0v) is 14.9. The third-order valence-electron chi connectivity index (χ3n) is 4.31. The first kappa shape index (κ1) is 17.8. The van der Waals surface area contributed by atoms with E-state index in [-0.39, 0.29) is 30.9 Å². The summed E-state index contributed by atoms with van der Waals surface area (Å²) in [5.41, 5.74) is 1.74. The van der Waals surface area contributed by atoms with Gasteiger partial charge < -0.3 is 19.7 Å². The maximum Gasteiger partial charge on any atom is 0.258 e. The van der Waals surface area contributed by atoms with Gasteiger partial charge in [-0.2, -0.15) is 0 Å². The van der Waals surface area contributed by atoms with Gasteiger partial charge in [-0.15, -0.1) is 0 Å². The Bertz CT molecular complexity index is 806. The molecule has 2 aromatic rings. The molecular weight excluding hydrogens is 332 g/mol. The molecule has 0 aromatic heterocycles. The minimum atomic E-state index is -0.237. The summed E-state index contributed by atoms with van der Waals surface area (Å²) in [5.74, 6) is 1.11. The summed E-state index contributed by atoms with van der Waals surface area (Å²) < 4.78 is 10.8. The molecule has 0 bridgehead atoms. The van der Waals surface area contributed by atoms with Gasteiger partial charge in [0.1, 0.15) is 11.5 Å². The molecule has 3 rings (SSSR count). The highest BCUT2D eigenvalue weighted by atomic mass is 16.5. The second kappa shape index (κ2) is 7.91. The zero-order chi connectivity index (χ0) is 18.5. The zero-order valence-electron chi connectivity index (χ0n) is 14.9. The maximum atomic E-state index is 12.3. The first-order chi connectivity index (χ1) is 12.6. The van der Waals surface area contributed by atoms with E-state index in [2.05, 4.69) is 5.32 Å². The van der Waals surface area contributed by atoms with Crippen molar-refractivity contribution in [1.29, 1.82) is 0 Å². The Hall–Kier alpha value is -3.02. The minimum Gasteiger partial charge on any atom is -0.497 e. The van der Waals surface area contributed by atoms with Crippen LogP contribution >= 0.6 is 0 Å². The predicted octanol–water partition coefficient (Wildman–Crippen LogP) is 2.30. The molecule has 1 aliphatic heterocycles. The second-order valence-electron chi connectivity index (χ2n) is 6.23. The van der Waals surface area contributed by atoms with Crippen molar-refractivity contribution in [1.82, 2.24) is 5.32 Å². The first-order valence-corrected chi connectivity index (χ1v) is 8.49. The van der Waals surface area contributed by atoms with Crippen molar-refractivity contribution in [3.63, 3.8) is 0 Å². The summed E-state index contributed by atoms with van der Waals surface area (Å²) in [6.07, 6.45) is 0.271. The fourth-order valence-electron chi connectivity index (χ4n) is 2.96. The quantitative estimate of drug-likeness (QED) is 0.864. The number of hydrogen-bond donors (Lipinski definition) is 1. The molecule has 0 spiro atoms. The number of carbonyl (C=O) groups excluding carboxylic acids is 2. The van der Waals surface area contributed by atoms with Crippen molar-refractivity contribution in [3.8, 4) is 11.5 Å². The Morgan fingerprint density at radius 3 is 2.81 bits per heavy atom. The third kappa shape index (κ3) is 4.14. The van der Waals surface area contributed by atoms with E-state index in [4.69, 9.17) is 9.47 Å². The molecule has 0 aliphatic carbocycles. The number of anilines is 1. The lowest BCUT2D eigenvalue weighted by molar-refractivity contribution is -0.123. The highest BCUT2D eigenvalue weighted by molar-refractivity contribution is 5.97. The van der Waals surface area contributed by atoms with Crippen molar-refractivity contribution < 1.29 is 19.1 Å². The molecule has 6 nitrogen and oxygen atoms in total. The lowest BCUT2D eigenvalue weighted by atomic mass is 10.2. The van der Waals surface area contributed by atoms with Crippen LogP contribution in [0.4, 0.5) is 5.69 Å². The smallest absolute Gasteiger partial charge is 0.258 e. The van der Waals surface area contributed by atoms with Gasteiger partial charge in [0.15, 0.2) is 6.61 Å². The maximum absolute atomic E-state index is 12.3. The summed E-state index contributed by atoms with van der Waals surface area (Å²) in [6, 6.07) is 14.6. The molecule has 1 aliphatic rings. The Morgan fingerprint density at radius 1 is 1.23 bits per heavy atom. The van der Waals surface area contributed by atoms with Crippen molar-refractivity contribution in [2.24, 2.45) is 0 Å². The molecule has 1 heterocycles. The molecule has 136 valence electrons. The molecule has 1 N–H and O–H groups in total. The number of carbonyl (C=O) groups is 2. The summed E-state index contributed by atoms with van der Waals surface area (Å²) in [5, 5.41) is 2.87. The largest absolute Gasteiger partial charge is 0.497 e. The van der Waals surface area contributed by atoms with E-state index >= 15 is 0 Å². The van der Waals surface area contributed by atoms with Crippen LogP contribution in [0.2, 0.25) is 0 Å². The predicted molar refractivity (Wildman–Crippen MR) is 98.6 cm³/mol.